The summed E-state index contributed by atoms with van der Waals surface area (Å²) >= 11 is 0. The van der Waals surface area contributed by atoms with Crippen molar-refractivity contribution in [2.24, 2.45) is 0 Å². The van der Waals surface area contributed by atoms with Crippen molar-refractivity contribution in [2.75, 3.05) is 13.7 Å². The van der Waals surface area contributed by atoms with Gasteiger partial charge in [0.2, 0.25) is 0 Å². The van der Waals surface area contributed by atoms with E-state index < -0.39 is 6.10 Å². The van der Waals surface area contributed by atoms with Crippen molar-refractivity contribution in [3.63, 3.8) is 0 Å². The zero-order chi connectivity index (χ0) is 18.6. The zero-order valence-electron chi connectivity index (χ0n) is 14.8. The average molecular weight is 356 g/mol. The summed E-state index contributed by atoms with van der Waals surface area (Å²) in [5, 5.41) is 9.87. The summed E-state index contributed by atoms with van der Waals surface area (Å²) in [5.74, 6) is 0.813. The minimum atomic E-state index is -0.604. The van der Waals surface area contributed by atoms with Gasteiger partial charge in [-0.3, -0.25) is 4.79 Å². The lowest BCUT2D eigenvalue weighted by atomic mass is 10.2. The van der Waals surface area contributed by atoms with Crippen molar-refractivity contribution in [3.8, 4) is 11.5 Å². The van der Waals surface area contributed by atoms with Gasteiger partial charge < -0.3 is 19.3 Å². The number of aliphatic hydroxyl groups excluding tert-OH is 1. The molecule has 2 rings (SSSR count). The highest BCUT2D eigenvalue weighted by atomic mass is 16.5. The van der Waals surface area contributed by atoms with Crippen LogP contribution in [0, 0.1) is 0 Å². The fourth-order valence-corrected chi connectivity index (χ4v) is 2.20. The summed E-state index contributed by atoms with van der Waals surface area (Å²) in [5.41, 5.74) is 1.07. The Kier molecular flexibility index (Phi) is 8.39. The van der Waals surface area contributed by atoms with E-state index in [0.29, 0.717) is 24.5 Å². The quantitative estimate of drug-likeness (QED) is 0.401. The summed E-state index contributed by atoms with van der Waals surface area (Å²) in [4.78, 5) is 11.7. The molecular weight excluding hydrogens is 332 g/mol. The largest absolute Gasteiger partial charge is 0.497 e. The molecular formula is C21H24O5. The summed E-state index contributed by atoms with van der Waals surface area (Å²) in [7, 11) is 1.58. The van der Waals surface area contributed by atoms with E-state index in [-0.39, 0.29) is 19.0 Å². The number of methoxy groups -OCH3 is 1. The molecule has 0 aromatic heterocycles. The molecule has 0 saturated carbocycles. The van der Waals surface area contributed by atoms with Crippen molar-refractivity contribution in [2.45, 2.75) is 25.6 Å². The number of carbonyl (C=O) groups is 1. The molecule has 0 aliphatic carbocycles. The van der Waals surface area contributed by atoms with Crippen LogP contribution in [-0.2, 0) is 16.1 Å². The normalized spacial score (nSPS) is 12.1. The number of ether oxygens (including phenoxy) is 3. The molecule has 0 aliphatic heterocycles. The van der Waals surface area contributed by atoms with Gasteiger partial charge in [0, 0.05) is 0 Å². The molecule has 0 saturated heterocycles. The molecule has 0 bridgehead atoms. The van der Waals surface area contributed by atoms with Crippen molar-refractivity contribution in [1.82, 2.24) is 0 Å². The molecule has 0 amide bonds. The molecule has 0 radical (unpaired) electrons. The second-order valence-corrected chi connectivity index (χ2v) is 5.72. The third kappa shape index (κ3) is 7.51. The second-order valence-electron chi connectivity index (χ2n) is 5.72. The van der Waals surface area contributed by atoms with E-state index in [1.165, 1.54) is 0 Å². The SMILES string of the molecule is COc1ccc(OC(=O)C/C=C/C[C@@H](O)COCc2ccccc2)cc1. The zero-order valence-corrected chi connectivity index (χ0v) is 14.8. The first-order valence-electron chi connectivity index (χ1n) is 8.47. The molecule has 0 fully saturated rings. The molecule has 138 valence electrons. The molecule has 2 aromatic carbocycles. The molecule has 1 atom stereocenters. The maximum atomic E-state index is 11.7. The summed E-state index contributed by atoms with van der Waals surface area (Å²) in [6.07, 6.45) is 3.40. The summed E-state index contributed by atoms with van der Waals surface area (Å²) in [6, 6.07) is 16.6. The van der Waals surface area contributed by atoms with Gasteiger partial charge in [-0.2, -0.15) is 0 Å². The Labute approximate surface area is 153 Å². The van der Waals surface area contributed by atoms with Crippen molar-refractivity contribution >= 4 is 5.97 Å². The molecule has 5 heteroatoms. The van der Waals surface area contributed by atoms with Crippen LogP contribution in [-0.4, -0.2) is 30.9 Å². The second kappa shape index (κ2) is 11.1. The fraction of sp³-hybridized carbons (Fsp3) is 0.286. The maximum Gasteiger partial charge on any atom is 0.315 e. The van der Waals surface area contributed by atoms with E-state index in [2.05, 4.69) is 0 Å². The Bertz CT molecular complexity index is 679. The standard InChI is InChI=1S/C21H24O5/c1-24-19-11-13-20(14-12-19)26-21(23)10-6-5-9-18(22)16-25-15-17-7-3-2-4-8-17/h2-8,11-14,18,22H,9-10,15-16H2,1H3/b6-5+/t18-/m1/s1. The lowest BCUT2D eigenvalue weighted by Crippen LogP contribution is -2.14. The summed E-state index contributed by atoms with van der Waals surface area (Å²) < 4.78 is 15.7. The number of carbonyl (C=O) groups excluding carboxylic acids is 1. The van der Waals surface area contributed by atoms with Gasteiger partial charge in [0.1, 0.15) is 11.5 Å². The molecule has 0 unspecified atom stereocenters. The molecule has 0 spiro atoms. The monoisotopic (exact) mass is 356 g/mol. The van der Waals surface area contributed by atoms with E-state index in [9.17, 15) is 9.90 Å². The first kappa shape index (κ1) is 19.7. The van der Waals surface area contributed by atoms with Gasteiger partial charge in [0.25, 0.3) is 0 Å². The lowest BCUT2D eigenvalue weighted by Gasteiger charge is -2.09. The smallest absolute Gasteiger partial charge is 0.315 e. The number of aliphatic hydroxyl groups is 1. The van der Waals surface area contributed by atoms with Crippen LogP contribution in [0.25, 0.3) is 0 Å². The minimum Gasteiger partial charge on any atom is -0.497 e. The third-order valence-corrected chi connectivity index (χ3v) is 3.57. The Hall–Kier alpha value is -2.63. The number of hydrogen-bond acceptors (Lipinski definition) is 5. The van der Waals surface area contributed by atoms with Gasteiger partial charge in [0.05, 0.1) is 32.8 Å². The van der Waals surface area contributed by atoms with Gasteiger partial charge >= 0.3 is 5.97 Å². The van der Waals surface area contributed by atoms with Crippen LogP contribution in [0.2, 0.25) is 0 Å². The first-order chi connectivity index (χ1) is 12.7. The predicted octanol–water partition coefficient (Wildman–Crippen LogP) is 3.51. The molecule has 0 heterocycles. The minimum absolute atomic E-state index is 0.142. The van der Waals surface area contributed by atoms with Gasteiger partial charge in [-0.1, -0.05) is 42.5 Å². The molecule has 26 heavy (non-hydrogen) atoms. The van der Waals surface area contributed by atoms with Gasteiger partial charge in [0.15, 0.2) is 0 Å². The van der Waals surface area contributed by atoms with Crippen LogP contribution >= 0.6 is 0 Å². The Morgan fingerprint density at radius 2 is 1.73 bits per heavy atom. The number of hydrogen-bond donors (Lipinski definition) is 1. The van der Waals surface area contributed by atoms with E-state index in [1.807, 2.05) is 30.3 Å². The highest BCUT2D eigenvalue weighted by molar-refractivity contribution is 5.73. The van der Waals surface area contributed by atoms with E-state index in [4.69, 9.17) is 14.2 Å². The van der Waals surface area contributed by atoms with Crippen LogP contribution in [0.4, 0.5) is 0 Å². The van der Waals surface area contributed by atoms with Crippen LogP contribution in [0.5, 0.6) is 11.5 Å². The van der Waals surface area contributed by atoms with Crippen molar-refractivity contribution in [1.29, 1.82) is 0 Å². The number of benzene rings is 2. The Morgan fingerprint density at radius 3 is 2.42 bits per heavy atom. The van der Waals surface area contributed by atoms with Crippen LogP contribution < -0.4 is 9.47 Å². The van der Waals surface area contributed by atoms with E-state index in [0.717, 1.165) is 5.56 Å². The van der Waals surface area contributed by atoms with Crippen LogP contribution in [0.3, 0.4) is 0 Å². The average Bonchev–Trinajstić information content (AvgIpc) is 2.67. The number of rotatable bonds is 10. The molecule has 5 nitrogen and oxygen atoms in total. The topological polar surface area (TPSA) is 65.0 Å². The van der Waals surface area contributed by atoms with Crippen LogP contribution in [0.1, 0.15) is 18.4 Å². The Morgan fingerprint density at radius 1 is 1.04 bits per heavy atom. The summed E-state index contributed by atoms with van der Waals surface area (Å²) in [6.45, 7) is 0.714. The molecule has 1 N–H and O–H groups in total. The van der Waals surface area contributed by atoms with Gasteiger partial charge in [-0.15, -0.1) is 0 Å². The Balaban J connectivity index is 1.60. The molecule has 0 aliphatic rings. The lowest BCUT2D eigenvalue weighted by molar-refractivity contribution is -0.133. The highest BCUT2D eigenvalue weighted by Crippen LogP contribution is 2.17. The number of esters is 1. The van der Waals surface area contributed by atoms with E-state index in [1.54, 1.807) is 43.5 Å². The predicted molar refractivity (Wildman–Crippen MR) is 99.1 cm³/mol. The fourth-order valence-electron chi connectivity index (χ4n) is 2.20. The van der Waals surface area contributed by atoms with Gasteiger partial charge in [-0.05, 0) is 36.2 Å². The van der Waals surface area contributed by atoms with E-state index >= 15 is 0 Å². The van der Waals surface area contributed by atoms with Gasteiger partial charge in [-0.25, -0.2) is 0 Å². The van der Waals surface area contributed by atoms with Crippen molar-refractivity contribution in [3.05, 3.63) is 72.3 Å². The van der Waals surface area contributed by atoms with Crippen LogP contribution in [0.15, 0.2) is 66.7 Å². The highest BCUT2D eigenvalue weighted by Gasteiger charge is 2.04. The maximum absolute atomic E-state index is 11.7. The third-order valence-electron chi connectivity index (χ3n) is 3.57. The molecule has 2 aromatic rings. The van der Waals surface area contributed by atoms with Crippen molar-refractivity contribution < 1.29 is 24.1 Å². The first-order valence-corrected chi connectivity index (χ1v) is 8.47.